The number of ether oxygens (including phenoxy) is 1. The molecule has 0 aliphatic rings. The number of para-hydroxylation sites is 1. The number of urea groups is 1. The minimum Gasteiger partial charge on any atom is -0.483 e. The highest BCUT2D eigenvalue weighted by Gasteiger charge is 2.09. The Bertz CT molecular complexity index is 631. The second-order valence-electron chi connectivity index (χ2n) is 4.35. The highest BCUT2D eigenvalue weighted by molar-refractivity contribution is 14.1. The average Bonchev–Trinajstić information content (AvgIpc) is 2.99. The van der Waals surface area contributed by atoms with Crippen LogP contribution in [0.4, 0.5) is 4.79 Å². The number of carbonyl (C=O) groups is 2. The minimum atomic E-state index is -0.507. The van der Waals surface area contributed by atoms with E-state index in [1.807, 2.05) is 35.7 Å². The van der Waals surface area contributed by atoms with Gasteiger partial charge < -0.3 is 10.1 Å². The first-order valence-corrected chi connectivity index (χ1v) is 8.58. The van der Waals surface area contributed by atoms with Crippen molar-refractivity contribution < 1.29 is 14.3 Å². The Hall–Kier alpha value is -1.61. The Morgan fingerprint density at radius 3 is 2.73 bits per heavy atom. The van der Waals surface area contributed by atoms with Gasteiger partial charge in [0.2, 0.25) is 0 Å². The Balaban J connectivity index is 1.66. The van der Waals surface area contributed by atoms with Crippen LogP contribution in [0, 0.1) is 3.57 Å². The van der Waals surface area contributed by atoms with Crippen molar-refractivity contribution in [2.24, 2.45) is 0 Å². The number of imide groups is 1. The Labute approximate surface area is 146 Å². The second-order valence-corrected chi connectivity index (χ2v) is 6.55. The molecule has 0 aliphatic heterocycles. The summed E-state index contributed by atoms with van der Waals surface area (Å²) >= 11 is 3.76. The summed E-state index contributed by atoms with van der Waals surface area (Å²) in [5.41, 5.74) is 0. The third-order valence-electron chi connectivity index (χ3n) is 2.69. The van der Waals surface area contributed by atoms with Crippen molar-refractivity contribution in [1.82, 2.24) is 10.6 Å². The zero-order chi connectivity index (χ0) is 15.8. The van der Waals surface area contributed by atoms with E-state index >= 15 is 0 Å². The first-order valence-electron chi connectivity index (χ1n) is 6.62. The van der Waals surface area contributed by atoms with Gasteiger partial charge in [-0.2, -0.15) is 0 Å². The van der Waals surface area contributed by atoms with Crippen LogP contribution in [0.15, 0.2) is 41.8 Å². The molecule has 1 aromatic carbocycles. The van der Waals surface area contributed by atoms with Crippen LogP contribution < -0.4 is 15.4 Å². The van der Waals surface area contributed by atoms with E-state index in [0.29, 0.717) is 12.3 Å². The van der Waals surface area contributed by atoms with Gasteiger partial charge in [-0.3, -0.25) is 10.1 Å². The molecule has 2 aromatic rings. The quantitative estimate of drug-likeness (QED) is 0.693. The third-order valence-corrected chi connectivity index (χ3v) is 4.51. The molecule has 0 fully saturated rings. The van der Waals surface area contributed by atoms with Gasteiger partial charge in [-0.25, -0.2) is 4.79 Å². The predicted molar refractivity (Wildman–Crippen MR) is 94.2 cm³/mol. The number of halogens is 1. The lowest BCUT2D eigenvalue weighted by Crippen LogP contribution is -2.42. The molecular weight excluding hydrogens is 415 g/mol. The summed E-state index contributed by atoms with van der Waals surface area (Å²) in [5.74, 6) is 0.143. The monoisotopic (exact) mass is 430 g/mol. The summed E-state index contributed by atoms with van der Waals surface area (Å²) in [6.07, 6.45) is 0.748. The van der Waals surface area contributed by atoms with Gasteiger partial charge >= 0.3 is 6.03 Å². The molecule has 0 aliphatic carbocycles. The standard InChI is InChI=1S/C15H15IN2O3S/c16-12-5-1-2-6-13(12)21-10-14(19)18-15(20)17-8-7-11-4-3-9-22-11/h1-6,9H,7-8,10H2,(H2,17,18,19,20). The van der Waals surface area contributed by atoms with Gasteiger partial charge in [0, 0.05) is 11.4 Å². The van der Waals surface area contributed by atoms with Crippen molar-refractivity contribution >= 4 is 45.9 Å². The van der Waals surface area contributed by atoms with E-state index in [-0.39, 0.29) is 6.61 Å². The summed E-state index contributed by atoms with van der Waals surface area (Å²) in [6, 6.07) is 10.8. The van der Waals surface area contributed by atoms with E-state index in [0.717, 1.165) is 9.99 Å². The lowest BCUT2D eigenvalue weighted by Gasteiger charge is -2.08. The van der Waals surface area contributed by atoms with Crippen LogP contribution in [0.5, 0.6) is 5.75 Å². The summed E-state index contributed by atoms with van der Waals surface area (Å²) < 4.78 is 6.28. The van der Waals surface area contributed by atoms with Gasteiger partial charge in [0.05, 0.1) is 3.57 Å². The van der Waals surface area contributed by atoms with Gasteiger partial charge in [-0.15, -0.1) is 11.3 Å². The minimum absolute atomic E-state index is 0.196. The van der Waals surface area contributed by atoms with Crippen molar-refractivity contribution in [2.75, 3.05) is 13.2 Å². The molecule has 0 unspecified atom stereocenters. The lowest BCUT2D eigenvalue weighted by atomic mass is 10.3. The SMILES string of the molecule is O=C(COc1ccccc1I)NC(=O)NCCc1cccs1. The van der Waals surface area contributed by atoms with Crippen LogP contribution >= 0.6 is 33.9 Å². The van der Waals surface area contributed by atoms with E-state index in [2.05, 4.69) is 33.2 Å². The van der Waals surface area contributed by atoms with Gasteiger partial charge in [0.1, 0.15) is 5.75 Å². The normalized spacial score (nSPS) is 10.0. The fourth-order valence-electron chi connectivity index (χ4n) is 1.67. The number of carbonyl (C=O) groups excluding carboxylic acids is 2. The molecule has 0 atom stereocenters. The molecule has 0 spiro atoms. The molecule has 1 aromatic heterocycles. The summed E-state index contributed by atoms with van der Waals surface area (Å²) in [4.78, 5) is 24.4. The third kappa shape index (κ3) is 5.64. The maximum absolute atomic E-state index is 11.6. The first kappa shape index (κ1) is 16.8. The molecule has 5 nitrogen and oxygen atoms in total. The van der Waals surface area contributed by atoms with Gasteiger partial charge in [0.25, 0.3) is 5.91 Å². The van der Waals surface area contributed by atoms with Crippen LogP contribution in [-0.2, 0) is 11.2 Å². The van der Waals surface area contributed by atoms with Crippen LogP contribution in [0.2, 0.25) is 0 Å². The van der Waals surface area contributed by atoms with Crippen molar-refractivity contribution in [3.8, 4) is 5.75 Å². The number of rotatable bonds is 6. The predicted octanol–water partition coefficient (Wildman–Crippen LogP) is 2.80. The number of hydrogen-bond acceptors (Lipinski definition) is 4. The number of thiophene rings is 1. The van der Waals surface area contributed by atoms with E-state index < -0.39 is 11.9 Å². The zero-order valence-electron chi connectivity index (χ0n) is 11.7. The first-order chi connectivity index (χ1) is 10.6. The van der Waals surface area contributed by atoms with Crippen LogP contribution in [0.1, 0.15) is 4.88 Å². The molecule has 0 saturated heterocycles. The highest BCUT2D eigenvalue weighted by Crippen LogP contribution is 2.19. The van der Waals surface area contributed by atoms with Gasteiger partial charge in [0.15, 0.2) is 6.61 Å². The largest absolute Gasteiger partial charge is 0.483 e. The molecular formula is C15H15IN2O3S. The molecule has 0 bridgehead atoms. The molecule has 22 heavy (non-hydrogen) atoms. The maximum atomic E-state index is 11.6. The van der Waals surface area contributed by atoms with E-state index in [9.17, 15) is 9.59 Å². The molecule has 1 heterocycles. The van der Waals surface area contributed by atoms with Crippen LogP contribution in [0.3, 0.4) is 0 Å². The number of hydrogen-bond donors (Lipinski definition) is 2. The van der Waals surface area contributed by atoms with Crippen molar-refractivity contribution in [2.45, 2.75) is 6.42 Å². The molecule has 2 rings (SSSR count). The van der Waals surface area contributed by atoms with Crippen molar-refractivity contribution in [3.05, 3.63) is 50.2 Å². The molecule has 7 heteroatoms. The fourth-order valence-corrected chi connectivity index (χ4v) is 2.92. The molecule has 0 saturated carbocycles. The Morgan fingerprint density at radius 2 is 2.00 bits per heavy atom. The molecule has 116 valence electrons. The molecule has 0 radical (unpaired) electrons. The highest BCUT2D eigenvalue weighted by atomic mass is 127. The fraction of sp³-hybridized carbons (Fsp3) is 0.200. The zero-order valence-corrected chi connectivity index (χ0v) is 14.6. The van der Waals surface area contributed by atoms with Gasteiger partial charge in [-0.05, 0) is 52.6 Å². The number of nitrogens with one attached hydrogen (secondary N) is 2. The smallest absolute Gasteiger partial charge is 0.321 e. The van der Waals surface area contributed by atoms with Gasteiger partial charge in [-0.1, -0.05) is 18.2 Å². The van der Waals surface area contributed by atoms with E-state index in [1.165, 1.54) is 4.88 Å². The van der Waals surface area contributed by atoms with Crippen LogP contribution in [0.25, 0.3) is 0 Å². The number of benzene rings is 1. The van der Waals surface area contributed by atoms with Crippen molar-refractivity contribution in [3.63, 3.8) is 0 Å². The van der Waals surface area contributed by atoms with Crippen molar-refractivity contribution in [1.29, 1.82) is 0 Å². The Morgan fingerprint density at radius 1 is 1.18 bits per heavy atom. The molecule has 2 N–H and O–H groups in total. The lowest BCUT2D eigenvalue weighted by molar-refractivity contribution is -0.122. The van der Waals surface area contributed by atoms with Crippen LogP contribution in [-0.4, -0.2) is 25.1 Å². The second kappa shape index (κ2) is 8.74. The number of amides is 3. The summed E-state index contributed by atoms with van der Waals surface area (Å²) in [5, 5.41) is 6.86. The maximum Gasteiger partial charge on any atom is 0.321 e. The van der Waals surface area contributed by atoms with E-state index in [4.69, 9.17) is 4.74 Å². The average molecular weight is 430 g/mol. The van der Waals surface area contributed by atoms with E-state index in [1.54, 1.807) is 17.4 Å². The molecule has 3 amide bonds. The topological polar surface area (TPSA) is 67.4 Å². The summed E-state index contributed by atoms with van der Waals surface area (Å²) in [6.45, 7) is 0.287. The Kier molecular flexibility index (Phi) is 6.66. The summed E-state index contributed by atoms with van der Waals surface area (Å²) in [7, 11) is 0.